The van der Waals surface area contributed by atoms with Crippen LogP contribution in [0, 0.1) is 0 Å². The standard InChI is InChI=1S/C14H16ClN5O2S/c1-3-20(4-2)12(21)9-5-6-16-10(7-9)18-14(22)19-11-8-23-13(15)17-11/h5-8H,3-4H2,1-2H3,(H2,16,18,19,22). The number of carbonyl (C=O) groups excluding carboxylic acids is 2. The number of urea groups is 1. The molecular weight excluding hydrogens is 338 g/mol. The lowest BCUT2D eigenvalue weighted by Crippen LogP contribution is -2.30. The molecule has 122 valence electrons. The van der Waals surface area contributed by atoms with Crippen molar-refractivity contribution < 1.29 is 9.59 Å². The van der Waals surface area contributed by atoms with E-state index in [4.69, 9.17) is 11.6 Å². The molecule has 2 rings (SSSR count). The van der Waals surface area contributed by atoms with Gasteiger partial charge in [-0.15, -0.1) is 11.3 Å². The number of carbonyl (C=O) groups is 2. The number of nitrogens with zero attached hydrogens (tertiary/aromatic N) is 3. The van der Waals surface area contributed by atoms with Crippen molar-refractivity contribution in [1.29, 1.82) is 0 Å². The first-order valence-corrected chi connectivity index (χ1v) is 8.23. The highest BCUT2D eigenvalue weighted by Gasteiger charge is 2.14. The molecule has 2 heterocycles. The number of hydrogen-bond acceptors (Lipinski definition) is 5. The topological polar surface area (TPSA) is 87.2 Å². The molecule has 2 aromatic heterocycles. The fourth-order valence-corrected chi connectivity index (χ4v) is 2.59. The lowest BCUT2D eigenvalue weighted by Gasteiger charge is -2.18. The molecule has 0 aliphatic rings. The zero-order valence-electron chi connectivity index (χ0n) is 12.7. The maximum absolute atomic E-state index is 12.3. The summed E-state index contributed by atoms with van der Waals surface area (Å²) >= 11 is 6.91. The number of rotatable bonds is 5. The van der Waals surface area contributed by atoms with Crippen molar-refractivity contribution in [2.45, 2.75) is 13.8 Å². The normalized spacial score (nSPS) is 10.2. The van der Waals surface area contributed by atoms with Crippen molar-refractivity contribution in [2.75, 3.05) is 23.7 Å². The van der Waals surface area contributed by atoms with E-state index in [2.05, 4.69) is 20.6 Å². The Labute approximate surface area is 142 Å². The van der Waals surface area contributed by atoms with Gasteiger partial charge in [-0.25, -0.2) is 14.8 Å². The quantitative estimate of drug-likeness (QED) is 0.863. The zero-order chi connectivity index (χ0) is 16.8. The smallest absolute Gasteiger partial charge is 0.326 e. The Morgan fingerprint density at radius 2 is 1.96 bits per heavy atom. The fraction of sp³-hybridized carbons (Fsp3) is 0.286. The van der Waals surface area contributed by atoms with Crippen LogP contribution in [0.1, 0.15) is 24.2 Å². The summed E-state index contributed by atoms with van der Waals surface area (Å²) in [6.07, 6.45) is 1.48. The number of thiazole rings is 1. The molecule has 0 fully saturated rings. The molecule has 23 heavy (non-hydrogen) atoms. The molecule has 0 aliphatic carbocycles. The Bertz CT molecular complexity index is 702. The van der Waals surface area contributed by atoms with Crippen molar-refractivity contribution in [1.82, 2.24) is 14.9 Å². The van der Waals surface area contributed by atoms with Crippen molar-refractivity contribution >= 4 is 46.5 Å². The maximum Gasteiger partial charge on any atom is 0.326 e. The van der Waals surface area contributed by atoms with E-state index in [0.717, 1.165) is 0 Å². The summed E-state index contributed by atoms with van der Waals surface area (Å²) in [6, 6.07) is 2.64. The van der Waals surface area contributed by atoms with Crippen molar-refractivity contribution in [2.24, 2.45) is 0 Å². The van der Waals surface area contributed by atoms with Gasteiger partial charge in [0.05, 0.1) is 0 Å². The highest BCUT2D eigenvalue weighted by molar-refractivity contribution is 7.14. The lowest BCUT2D eigenvalue weighted by molar-refractivity contribution is 0.0773. The van der Waals surface area contributed by atoms with Crippen molar-refractivity contribution in [3.8, 4) is 0 Å². The average Bonchev–Trinajstić information content (AvgIpc) is 2.93. The summed E-state index contributed by atoms with van der Waals surface area (Å²) in [5.74, 6) is 0.529. The first-order valence-electron chi connectivity index (χ1n) is 6.97. The zero-order valence-corrected chi connectivity index (χ0v) is 14.2. The van der Waals surface area contributed by atoms with Gasteiger partial charge in [0, 0.05) is 30.2 Å². The molecule has 0 aromatic carbocycles. The van der Waals surface area contributed by atoms with Crippen LogP contribution in [0.4, 0.5) is 16.4 Å². The molecule has 7 nitrogen and oxygen atoms in total. The Balaban J connectivity index is 2.04. The summed E-state index contributed by atoms with van der Waals surface area (Å²) in [4.78, 5) is 33.8. The molecule has 9 heteroatoms. The maximum atomic E-state index is 12.3. The van der Waals surface area contributed by atoms with Crippen LogP contribution in [0.3, 0.4) is 0 Å². The van der Waals surface area contributed by atoms with E-state index in [1.165, 1.54) is 23.6 Å². The number of nitrogens with one attached hydrogen (secondary N) is 2. The van der Waals surface area contributed by atoms with Crippen LogP contribution in [-0.2, 0) is 0 Å². The second-order valence-electron chi connectivity index (χ2n) is 4.47. The van der Waals surface area contributed by atoms with Crippen molar-refractivity contribution in [3.63, 3.8) is 0 Å². The van der Waals surface area contributed by atoms with Gasteiger partial charge in [0.15, 0.2) is 4.47 Å². The van der Waals surface area contributed by atoms with Crippen LogP contribution < -0.4 is 10.6 Å². The number of hydrogen-bond donors (Lipinski definition) is 2. The third kappa shape index (κ3) is 4.64. The van der Waals surface area contributed by atoms with Gasteiger partial charge in [0.2, 0.25) is 0 Å². The predicted molar refractivity (Wildman–Crippen MR) is 91.3 cm³/mol. The molecule has 2 aromatic rings. The minimum atomic E-state index is -0.507. The highest BCUT2D eigenvalue weighted by Crippen LogP contribution is 2.18. The number of aromatic nitrogens is 2. The summed E-state index contributed by atoms with van der Waals surface area (Å²) < 4.78 is 0.338. The monoisotopic (exact) mass is 353 g/mol. The van der Waals surface area contributed by atoms with Crippen LogP contribution in [0.15, 0.2) is 23.7 Å². The van der Waals surface area contributed by atoms with E-state index >= 15 is 0 Å². The van der Waals surface area contributed by atoms with Crippen LogP contribution in [-0.4, -0.2) is 39.9 Å². The molecule has 0 saturated carbocycles. The van der Waals surface area contributed by atoms with Gasteiger partial charge in [0.1, 0.15) is 11.6 Å². The third-order valence-electron chi connectivity index (χ3n) is 3.02. The molecule has 0 radical (unpaired) electrons. The minimum Gasteiger partial charge on any atom is -0.339 e. The van der Waals surface area contributed by atoms with Crippen LogP contribution >= 0.6 is 22.9 Å². The SMILES string of the molecule is CCN(CC)C(=O)c1ccnc(NC(=O)Nc2csc(Cl)n2)c1. The van der Waals surface area contributed by atoms with E-state index < -0.39 is 6.03 Å². The number of anilines is 2. The predicted octanol–water partition coefficient (Wildman–Crippen LogP) is 3.32. The summed E-state index contributed by atoms with van der Waals surface area (Å²) in [5, 5.41) is 6.71. The molecule has 0 atom stereocenters. The van der Waals surface area contributed by atoms with Gasteiger partial charge in [-0.3, -0.25) is 15.4 Å². The Hall–Kier alpha value is -2.19. The molecule has 0 aliphatic heterocycles. The molecule has 0 spiro atoms. The van der Waals surface area contributed by atoms with Crippen LogP contribution in [0.5, 0.6) is 0 Å². The Morgan fingerprint density at radius 1 is 1.26 bits per heavy atom. The van der Waals surface area contributed by atoms with E-state index in [0.29, 0.717) is 28.9 Å². The molecule has 3 amide bonds. The largest absolute Gasteiger partial charge is 0.339 e. The summed E-state index contributed by atoms with van der Waals surface area (Å²) in [5.41, 5.74) is 0.468. The van der Waals surface area contributed by atoms with E-state index in [1.807, 2.05) is 13.8 Å². The fourth-order valence-electron chi connectivity index (χ4n) is 1.90. The van der Waals surface area contributed by atoms with Gasteiger partial charge in [-0.1, -0.05) is 11.6 Å². The van der Waals surface area contributed by atoms with Gasteiger partial charge in [-0.2, -0.15) is 0 Å². The van der Waals surface area contributed by atoms with Gasteiger partial charge in [0.25, 0.3) is 5.91 Å². The van der Waals surface area contributed by atoms with Gasteiger partial charge in [-0.05, 0) is 26.0 Å². The van der Waals surface area contributed by atoms with Gasteiger partial charge >= 0.3 is 6.03 Å². The lowest BCUT2D eigenvalue weighted by atomic mass is 10.2. The average molecular weight is 354 g/mol. The number of amides is 3. The molecule has 0 bridgehead atoms. The molecule has 0 unspecified atom stereocenters. The first kappa shape index (κ1) is 17.2. The highest BCUT2D eigenvalue weighted by atomic mass is 35.5. The Kier molecular flexibility index (Phi) is 5.89. The minimum absolute atomic E-state index is 0.104. The van der Waals surface area contributed by atoms with Crippen molar-refractivity contribution in [3.05, 3.63) is 33.7 Å². The summed E-state index contributed by atoms with van der Waals surface area (Å²) in [6.45, 7) is 5.05. The second-order valence-corrected chi connectivity index (χ2v) is 5.91. The number of halogens is 1. The van der Waals surface area contributed by atoms with Crippen LogP contribution in [0.25, 0.3) is 0 Å². The molecule has 2 N–H and O–H groups in total. The number of pyridine rings is 1. The van der Waals surface area contributed by atoms with E-state index in [1.54, 1.807) is 16.3 Å². The molecular formula is C14H16ClN5O2S. The van der Waals surface area contributed by atoms with Gasteiger partial charge < -0.3 is 4.90 Å². The van der Waals surface area contributed by atoms with E-state index in [9.17, 15) is 9.59 Å². The summed E-state index contributed by atoms with van der Waals surface area (Å²) in [7, 11) is 0. The van der Waals surface area contributed by atoms with E-state index in [-0.39, 0.29) is 11.7 Å². The Morgan fingerprint density at radius 3 is 2.57 bits per heavy atom. The second kappa shape index (κ2) is 7.89. The van der Waals surface area contributed by atoms with Crippen LogP contribution in [0.2, 0.25) is 4.47 Å². The third-order valence-corrected chi connectivity index (χ3v) is 4.00. The first-order chi connectivity index (χ1) is 11.0. The molecule has 0 saturated heterocycles.